The highest BCUT2D eigenvalue weighted by atomic mass is 35.5. The second-order valence-corrected chi connectivity index (χ2v) is 20.8. The van der Waals surface area contributed by atoms with Crippen molar-refractivity contribution in [2.75, 3.05) is 58.4 Å². The number of aldehydes is 1. The van der Waals surface area contributed by atoms with Gasteiger partial charge < -0.3 is 74.1 Å². The lowest BCUT2D eigenvalue weighted by Crippen LogP contribution is -2.56. The van der Waals surface area contributed by atoms with Gasteiger partial charge in [0.2, 0.25) is 41.4 Å². The van der Waals surface area contributed by atoms with E-state index in [9.17, 15) is 48.3 Å². The number of hydrogen-bond acceptors (Lipinski definition) is 17. The summed E-state index contributed by atoms with van der Waals surface area (Å²) < 4.78 is 0. The van der Waals surface area contributed by atoms with Crippen LogP contribution in [0.1, 0.15) is 79.4 Å². The molecule has 26 heteroatoms. The van der Waals surface area contributed by atoms with Gasteiger partial charge in [0.1, 0.15) is 42.0 Å². The van der Waals surface area contributed by atoms with E-state index >= 15 is 0 Å². The molecule has 82 heavy (non-hydrogen) atoms. The summed E-state index contributed by atoms with van der Waals surface area (Å²) in [5.74, 6) is -3.33. The zero-order valence-corrected chi connectivity index (χ0v) is 49.1. The summed E-state index contributed by atoms with van der Waals surface area (Å²) in [6.07, 6.45) is 10.0. The number of aliphatic hydroxyl groups excluding tert-OH is 1. The van der Waals surface area contributed by atoms with Crippen LogP contribution < -0.4 is 54.0 Å². The third-order valence-electron chi connectivity index (χ3n) is 11.1. The van der Waals surface area contributed by atoms with Gasteiger partial charge in [-0.1, -0.05) is 82.9 Å². The monoisotopic (exact) mass is 1200 g/mol. The highest BCUT2D eigenvalue weighted by Crippen LogP contribution is 2.19. The molecule has 0 aliphatic rings. The first kappa shape index (κ1) is 72.7. The largest absolute Gasteiger partial charge is 0.508 e. The van der Waals surface area contributed by atoms with E-state index < -0.39 is 60.2 Å². The fourth-order valence-corrected chi connectivity index (χ4v) is 8.33. The molecule has 3 aromatic carbocycles. The summed E-state index contributed by atoms with van der Waals surface area (Å²) in [6.45, 7) is 4.59. The molecule has 4 rings (SSSR count). The molecule has 0 fully saturated rings. The predicted octanol–water partition coefficient (Wildman–Crippen LogP) is 1.98. The summed E-state index contributed by atoms with van der Waals surface area (Å²) in [4.78, 5) is 113. The van der Waals surface area contributed by atoms with E-state index in [1.165, 1.54) is 45.9 Å². The van der Waals surface area contributed by atoms with Crippen molar-refractivity contribution in [2.24, 2.45) is 11.5 Å². The number of benzene rings is 3. The van der Waals surface area contributed by atoms with E-state index in [0.717, 1.165) is 30.5 Å². The number of aliphatic hydroxyl groups is 1. The number of nitrogens with one attached hydrogen (secondary N) is 8. The van der Waals surface area contributed by atoms with Crippen LogP contribution in [0, 0.1) is 0 Å². The van der Waals surface area contributed by atoms with E-state index in [1.54, 1.807) is 74.9 Å². The molecule has 0 aliphatic carbocycles. The fraction of sp³-hybridized carbons (Fsp3) is 0.429. The van der Waals surface area contributed by atoms with Crippen molar-refractivity contribution in [3.8, 4) is 11.5 Å². The molecular weight excluding hydrogens is 1120 g/mol. The molecular formula is C56H80ClN11O12S2. The molecule has 0 saturated carbocycles. The lowest BCUT2D eigenvalue weighted by molar-refractivity contribution is -0.132. The first-order chi connectivity index (χ1) is 39.3. The predicted molar refractivity (Wildman–Crippen MR) is 319 cm³/mol. The van der Waals surface area contributed by atoms with Crippen LogP contribution in [0.4, 0.5) is 0 Å². The number of aromatic hydroxyl groups is 2. The fourth-order valence-electron chi connectivity index (χ4n) is 6.88. The van der Waals surface area contributed by atoms with E-state index in [1.807, 2.05) is 18.4 Å². The Hall–Kier alpha value is -7.29. The van der Waals surface area contributed by atoms with Gasteiger partial charge in [-0.2, -0.15) is 0 Å². The van der Waals surface area contributed by atoms with Crippen LogP contribution in [0.3, 0.4) is 0 Å². The number of aryl methyl sites for hydroxylation is 1. The first-order valence-electron chi connectivity index (χ1n) is 26.4. The minimum Gasteiger partial charge on any atom is -0.508 e. The molecule has 0 spiro atoms. The highest BCUT2D eigenvalue weighted by molar-refractivity contribution is 8.76. The van der Waals surface area contributed by atoms with Crippen LogP contribution >= 0.6 is 33.2 Å². The van der Waals surface area contributed by atoms with Gasteiger partial charge in [-0.25, -0.2) is 0 Å². The molecule has 23 nitrogen and oxygen atoms in total. The van der Waals surface area contributed by atoms with Crippen molar-refractivity contribution in [1.82, 2.24) is 47.5 Å². The minimum absolute atomic E-state index is 0.0161. The zero-order valence-electron chi connectivity index (χ0n) is 46.8. The Labute approximate surface area is 492 Å². The van der Waals surface area contributed by atoms with Crippen LogP contribution in [0.25, 0.3) is 0 Å². The maximum absolute atomic E-state index is 13.5. The summed E-state index contributed by atoms with van der Waals surface area (Å²) in [5, 5.41) is 48.0. The quantitative estimate of drug-likeness (QED) is 0.0189. The van der Waals surface area contributed by atoms with E-state index in [4.69, 9.17) is 33.3 Å². The van der Waals surface area contributed by atoms with Crippen LogP contribution in [-0.2, 0) is 57.6 Å². The minimum atomic E-state index is -1.15. The zero-order chi connectivity index (χ0) is 61.1. The van der Waals surface area contributed by atoms with Crippen LogP contribution in [0.5, 0.6) is 11.5 Å². The number of halogens is 1. The van der Waals surface area contributed by atoms with Gasteiger partial charge in [-0.15, -0.1) is 0 Å². The number of unbranched alkanes of at least 4 members (excludes halogenated alkanes) is 2. The van der Waals surface area contributed by atoms with Crippen molar-refractivity contribution in [1.29, 1.82) is 0 Å². The Bertz CT molecular complexity index is 2520. The molecule has 1 aromatic heterocycles. The molecule has 450 valence electrons. The molecule has 15 N–H and O–H groups in total. The first-order valence-corrected chi connectivity index (χ1v) is 29.5. The molecule has 4 atom stereocenters. The molecule has 0 bridgehead atoms. The number of carbonyl (C=O) groups is 9. The van der Waals surface area contributed by atoms with Gasteiger partial charge in [0.25, 0.3) is 5.91 Å². The van der Waals surface area contributed by atoms with Crippen molar-refractivity contribution in [2.45, 2.75) is 95.8 Å². The summed E-state index contributed by atoms with van der Waals surface area (Å²) in [6, 6.07) is 19.3. The number of rotatable bonds is 32. The lowest BCUT2D eigenvalue weighted by Gasteiger charge is -2.23. The molecule has 8 amide bonds. The SMILES string of the molecule is CCCCNC(=O)c1cccnc1.CCO.CNCC(=O)NC(Cc1ccc(O)cc1)C(N)=O.CSSCC(NC(=O)CCc1ccc(Cl)cc1)C(=O)NC(Cc1ccc(O)cc1)C(=O)NCC(=O)NC(CCCCN)C(=O)NCC=O. The summed E-state index contributed by atoms with van der Waals surface area (Å²) in [5.41, 5.74) is 13.7. The number of aromatic nitrogens is 1. The van der Waals surface area contributed by atoms with Gasteiger partial charge in [-0.3, -0.25) is 43.3 Å². The van der Waals surface area contributed by atoms with E-state index in [0.29, 0.717) is 54.7 Å². The Morgan fingerprint density at radius 2 is 1.24 bits per heavy atom. The lowest BCUT2D eigenvalue weighted by atomic mass is 10.0. The third kappa shape index (κ3) is 33.5. The smallest absolute Gasteiger partial charge is 0.252 e. The Morgan fingerprint density at radius 3 is 1.78 bits per heavy atom. The number of nitrogens with zero attached hydrogens (tertiary/aromatic N) is 1. The van der Waals surface area contributed by atoms with Crippen molar-refractivity contribution in [3.63, 3.8) is 0 Å². The molecule has 4 aromatic rings. The number of amides is 8. The topological polar surface area (TPSA) is 375 Å². The van der Waals surface area contributed by atoms with E-state index in [-0.39, 0.29) is 73.9 Å². The summed E-state index contributed by atoms with van der Waals surface area (Å²) in [7, 11) is 4.42. The second-order valence-electron chi connectivity index (χ2n) is 17.8. The number of primary amides is 1. The molecule has 4 unspecified atom stereocenters. The maximum Gasteiger partial charge on any atom is 0.252 e. The van der Waals surface area contributed by atoms with E-state index in [2.05, 4.69) is 54.4 Å². The molecule has 0 radical (unpaired) electrons. The molecule has 1 heterocycles. The highest BCUT2D eigenvalue weighted by Gasteiger charge is 2.28. The Morgan fingerprint density at radius 1 is 0.683 bits per heavy atom. The van der Waals surface area contributed by atoms with Gasteiger partial charge in [0, 0.05) is 55.6 Å². The number of phenolic OH excluding ortho intramolecular Hbond substituents is 2. The van der Waals surface area contributed by atoms with Gasteiger partial charge in [0.05, 0.1) is 25.2 Å². The van der Waals surface area contributed by atoms with Crippen LogP contribution in [0.2, 0.25) is 5.02 Å². The van der Waals surface area contributed by atoms with Crippen LogP contribution in [0.15, 0.2) is 97.3 Å². The number of hydrogen-bond donors (Lipinski definition) is 13. The van der Waals surface area contributed by atoms with Gasteiger partial charge in [-0.05, 0) is 124 Å². The second kappa shape index (κ2) is 44.4. The van der Waals surface area contributed by atoms with Gasteiger partial charge >= 0.3 is 0 Å². The number of phenols is 2. The van der Waals surface area contributed by atoms with Crippen LogP contribution in [-0.4, -0.2) is 156 Å². The van der Waals surface area contributed by atoms with Crippen molar-refractivity contribution in [3.05, 3.63) is 125 Å². The number of pyridine rings is 1. The summed E-state index contributed by atoms with van der Waals surface area (Å²) >= 11 is 5.94. The van der Waals surface area contributed by atoms with Crippen molar-refractivity contribution >= 4 is 86.7 Å². The average molecular weight is 1200 g/mol. The molecule has 0 aliphatic heterocycles. The molecule has 0 saturated heterocycles. The number of likely N-dealkylation sites (N-methyl/N-ethyl adjacent to an activating group) is 1. The third-order valence-corrected chi connectivity index (χ3v) is 13.2. The number of carbonyl (C=O) groups excluding carboxylic acids is 9. The maximum atomic E-state index is 13.5. The van der Waals surface area contributed by atoms with Gasteiger partial charge in [0.15, 0.2) is 0 Å². The Balaban J connectivity index is 0.000000794. The standard InChI is InChI=1S/C32H43ClN6O7S2.C12H17N3O3.C10H14N2O.C2H6O/c1-47-48-20-27(38-28(42)14-9-21-5-10-23(33)11-6-21)32(46)39-26(18-22-7-12-24(41)13-8-22)31(45)36-19-29(43)37-25(4-2-3-15-34)30(44)35-16-17-40;1-14-7-11(17)15-10(12(13)18)6-8-2-4-9(16)5-3-8;1-2-3-7-12-10(13)9-5-4-6-11-8-9;1-2-3/h5-8,10-13,17,25-27,41H,2-4,9,14-16,18-20,34H2,1H3,(H,35,44)(H,36,45)(H,37,43)(H,38,42)(H,39,46);2-5,10,14,16H,6-7H2,1H3,(H2,13,18)(H,15,17);4-6,8H,2-3,7H2,1H3,(H,12,13);3H,2H2,1H3. The normalized spacial score (nSPS) is 11.7. The Kier molecular flexibility index (Phi) is 39.4. The number of nitrogens with two attached hydrogens (primary N) is 2. The average Bonchev–Trinajstić information content (AvgIpc) is 3.46. The van der Waals surface area contributed by atoms with Crippen molar-refractivity contribution < 1.29 is 58.5 Å².